The summed E-state index contributed by atoms with van der Waals surface area (Å²) in [5, 5.41) is 8.14. The molecule has 0 rings (SSSR count). The third kappa shape index (κ3) is 6.18. The third-order valence-electron chi connectivity index (χ3n) is 1.87. The molecule has 0 aromatic rings. The molecule has 0 saturated heterocycles. The van der Waals surface area contributed by atoms with Gasteiger partial charge in [0.1, 0.15) is 0 Å². The van der Waals surface area contributed by atoms with Crippen LogP contribution in [0, 0.1) is 5.41 Å². The minimum absolute atomic E-state index is 0.0537. The van der Waals surface area contributed by atoms with E-state index < -0.39 is 20.6 Å². The van der Waals surface area contributed by atoms with Gasteiger partial charge in [-0.2, -0.15) is 0 Å². The van der Waals surface area contributed by atoms with Gasteiger partial charge in [-0.15, -0.1) is 11.6 Å². The summed E-state index contributed by atoms with van der Waals surface area (Å²) in [4.78, 5) is 10.5. The number of alkyl halides is 4. The number of halogens is 4. The number of hydrogen-bond acceptors (Lipinski definition) is 1. The van der Waals surface area contributed by atoms with Crippen LogP contribution in [0.5, 0.6) is 0 Å². The summed E-state index contributed by atoms with van der Waals surface area (Å²) in [7, 11) is 0. The van der Waals surface area contributed by atoms with E-state index >= 15 is 0 Å². The third-order valence-corrected chi connectivity index (χ3v) is 3.07. The summed E-state index contributed by atoms with van der Waals surface area (Å²) in [6, 6.07) is 0. The normalized spacial score (nSPS) is 15.3. The van der Waals surface area contributed by atoms with Gasteiger partial charge in [0.25, 0.3) is 0 Å². The van der Waals surface area contributed by atoms with Gasteiger partial charge in [0, 0.05) is 11.8 Å². The first kappa shape index (κ1) is 14.6. The molecular formula is C8H12Cl4O2. The van der Waals surface area contributed by atoms with Crippen LogP contribution in [0.2, 0.25) is 0 Å². The number of carboxylic acid groups (broad SMARTS) is 1. The van der Waals surface area contributed by atoms with Crippen LogP contribution in [0.3, 0.4) is 0 Å². The summed E-state index contributed by atoms with van der Waals surface area (Å²) >= 11 is 22.7. The quantitative estimate of drug-likeness (QED) is 0.795. The van der Waals surface area contributed by atoms with Crippen molar-refractivity contribution in [2.75, 3.05) is 0 Å². The summed E-state index contributed by atoms with van der Waals surface area (Å²) in [5.41, 5.74) is -0.600. The van der Waals surface area contributed by atoms with Crippen LogP contribution in [-0.4, -0.2) is 20.2 Å². The topological polar surface area (TPSA) is 37.3 Å². The van der Waals surface area contributed by atoms with Crippen molar-refractivity contribution in [2.45, 2.75) is 35.9 Å². The second-order valence-corrected chi connectivity index (χ2v) is 6.89. The Morgan fingerprint density at radius 2 is 1.79 bits per heavy atom. The Bertz CT molecular complexity index is 210. The van der Waals surface area contributed by atoms with Crippen LogP contribution in [0.25, 0.3) is 0 Å². The van der Waals surface area contributed by atoms with Gasteiger partial charge in [-0.25, -0.2) is 0 Å². The first-order valence-corrected chi connectivity index (χ1v) is 5.54. The van der Waals surface area contributed by atoms with Crippen LogP contribution >= 0.6 is 46.4 Å². The number of carboxylic acids is 1. The molecular weight excluding hydrogens is 270 g/mol. The second kappa shape index (κ2) is 5.11. The highest BCUT2D eigenvalue weighted by atomic mass is 35.6. The van der Waals surface area contributed by atoms with Gasteiger partial charge in [0.2, 0.25) is 0 Å². The van der Waals surface area contributed by atoms with Gasteiger partial charge in [-0.1, -0.05) is 48.7 Å². The smallest absolute Gasteiger partial charge is 0.303 e. The van der Waals surface area contributed by atoms with Crippen LogP contribution in [0.15, 0.2) is 0 Å². The fourth-order valence-corrected chi connectivity index (χ4v) is 1.99. The number of carbonyl (C=O) groups is 1. The highest BCUT2D eigenvalue weighted by molar-refractivity contribution is 6.67. The van der Waals surface area contributed by atoms with Crippen molar-refractivity contribution in [3.63, 3.8) is 0 Å². The fraction of sp³-hybridized carbons (Fsp3) is 0.875. The maximum atomic E-state index is 10.5. The van der Waals surface area contributed by atoms with Crippen LogP contribution in [-0.2, 0) is 4.79 Å². The summed E-state index contributed by atoms with van der Waals surface area (Å²) in [6.45, 7) is 3.46. The summed E-state index contributed by atoms with van der Waals surface area (Å²) in [5.74, 6) is -0.912. The van der Waals surface area contributed by atoms with E-state index in [4.69, 9.17) is 51.5 Å². The molecule has 1 atom stereocenters. The standard InChI is InChI=1S/C8H12Cl4O2/c1-7(2,4-6(13)14)5(9)3-8(10,11)12/h5H,3-4H2,1-2H3,(H,13,14). The molecule has 1 unspecified atom stereocenters. The SMILES string of the molecule is CC(C)(CC(=O)O)C(Cl)CC(Cl)(Cl)Cl. The molecule has 14 heavy (non-hydrogen) atoms. The molecule has 0 aliphatic rings. The van der Waals surface area contributed by atoms with Gasteiger partial charge in [-0.3, -0.25) is 4.79 Å². The largest absolute Gasteiger partial charge is 0.481 e. The maximum absolute atomic E-state index is 10.5. The second-order valence-electron chi connectivity index (χ2n) is 3.85. The van der Waals surface area contributed by atoms with Crippen LogP contribution < -0.4 is 0 Å². The van der Waals surface area contributed by atoms with Crippen molar-refractivity contribution in [1.82, 2.24) is 0 Å². The number of aliphatic carboxylic acids is 1. The molecule has 1 N–H and O–H groups in total. The first-order valence-electron chi connectivity index (χ1n) is 3.97. The van der Waals surface area contributed by atoms with E-state index in [0.29, 0.717) is 0 Å². The molecule has 0 aliphatic carbocycles. The highest BCUT2D eigenvalue weighted by Crippen LogP contribution is 2.40. The fourth-order valence-electron chi connectivity index (χ4n) is 0.980. The Balaban J connectivity index is 4.35. The molecule has 0 spiro atoms. The molecule has 0 heterocycles. The Labute approximate surface area is 103 Å². The molecule has 0 saturated carbocycles. The lowest BCUT2D eigenvalue weighted by molar-refractivity contribution is -0.139. The molecule has 0 bridgehead atoms. The Hall–Kier alpha value is 0.630. The van der Waals surface area contributed by atoms with E-state index in [9.17, 15) is 4.79 Å². The van der Waals surface area contributed by atoms with E-state index in [-0.39, 0.29) is 12.8 Å². The van der Waals surface area contributed by atoms with E-state index in [2.05, 4.69) is 0 Å². The van der Waals surface area contributed by atoms with Crippen molar-refractivity contribution >= 4 is 52.4 Å². The zero-order chi connectivity index (χ0) is 11.6. The van der Waals surface area contributed by atoms with Gasteiger partial charge in [0.05, 0.1) is 6.42 Å². The Morgan fingerprint density at radius 1 is 1.36 bits per heavy atom. The predicted molar refractivity (Wildman–Crippen MR) is 60.6 cm³/mol. The summed E-state index contributed by atoms with van der Waals surface area (Å²) in [6.07, 6.45) is 0.0708. The van der Waals surface area contributed by atoms with Crippen molar-refractivity contribution in [2.24, 2.45) is 5.41 Å². The lowest BCUT2D eigenvalue weighted by Crippen LogP contribution is -2.30. The summed E-state index contributed by atoms with van der Waals surface area (Å²) < 4.78 is -1.44. The van der Waals surface area contributed by atoms with Crippen LogP contribution in [0.1, 0.15) is 26.7 Å². The average molecular weight is 282 g/mol. The number of hydrogen-bond donors (Lipinski definition) is 1. The zero-order valence-electron chi connectivity index (χ0n) is 7.86. The van der Waals surface area contributed by atoms with Gasteiger partial charge in [-0.05, 0) is 5.41 Å². The molecule has 0 radical (unpaired) electrons. The Morgan fingerprint density at radius 3 is 2.07 bits per heavy atom. The van der Waals surface area contributed by atoms with Crippen molar-refractivity contribution in [3.05, 3.63) is 0 Å². The zero-order valence-corrected chi connectivity index (χ0v) is 10.9. The molecule has 0 fully saturated rings. The average Bonchev–Trinajstić information content (AvgIpc) is 1.79. The van der Waals surface area contributed by atoms with Gasteiger partial charge in [0.15, 0.2) is 3.79 Å². The lowest BCUT2D eigenvalue weighted by atomic mass is 9.84. The minimum atomic E-state index is -1.44. The lowest BCUT2D eigenvalue weighted by Gasteiger charge is -2.30. The first-order chi connectivity index (χ1) is 6.04. The molecule has 2 nitrogen and oxygen atoms in total. The van der Waals surface area contributed by atoms with E-state index in [1.54, 1.807) is 13.8 Å². The molecule has 6 heteroatoms. The Kier molecular flexibility index (Phi) is 5.34. The molecule has 0 amide bonds. The molecule has 0 aliphatic heterocycles. The van der Waals surface area contributed by atoms with E-state index in [1.807, 2.05) is 0 Å². The van der Waals surface area contributed by atoms with E-state index in [1.165, 1.54) is 0 Å². The highest BCUT2D eigenvalue weighted by Gasteiger charge is 2.35. The van der Waals surface area contributed by atoms with Crippen LogP contribution in [0.4, 0.5) is 0 Å². The van der Waals surface area contributed by atoms with Gasteiger partial charge >= 0.3 is 5.97 Å². The predicted octanol–water partition coefficient (Wildman–Crippen LogP) is 3.86. The maximum Gasteiger partial charge on any atom is 0.303 e. The van der Waals surface area contributed by atoms with Crippen molar-refractivity contribution in [3.8, 4) is 0 Å². The molecule has 84 valence electrons. The minimum Gasteiger partial charge on any atom is -0.481 e. The number of rotatable bonds is 4. The monoisotopic (exact) mass is 280 g/mol. The van der Waals surface area contributed by atoms with Crippen molar-refractivity contribution < 1.29 is 9.90 Å². The van der Waals surface area contributed by atoms with Gasteiger partial charge < -0.3 is 5.11 Å². The molecule has 0 aromatic carbocycles. The van der Waals surface area contributed by atoms with Crippen molar-refractivity contribution in [1.29, 1.82) is 0 Å². The molecule has 0 aromatic heterocycles. The van der Waals surface area contributed by atoms with E-state index in [0.717, 1.165) is 0 Å².